The molecule has 0 atom stereocenters. The highest BCUT2D eigenvalue weighted by molar-refractivity contribution is 5.87. The second kappa shape index (κ2) is 7.62. The van der Waals surface area contributed by atoms with Gasteiger partial charge in [0.05, 0.1) is 5.56 Å². The molecule has 108 valence electrons. The van der Waals surface area contributed by atoms with E-state index in [1.54, 1.807) is 12.1 Å². The maximum Gasteiger partial charge on any atom is 0.335 e. The Morgan fingerprint density at radius 3 is 2.45 bits per heavy atom. The number of nitrogens with one attached hydrogen (secondary N) is 3. The summed E-state index contributed by atoms with van der Waals surface area (Å²) < 4.78 is 0. The number of benzene rings is 1. The van der Waals surface area contributed by atoms with Crippen LogP contribution in [0, 0.1) is 0 Å². The van der Waals surface area contributed by atoms with Gasteiger partial charge in [-0.05, 0) is 17.7 Å². The van der Waals surface area contributed by atoms with Crippen LogP contribution < -0.4 is 21.7 Å². The monoisotopic (exact) mass is 280 g/mol. The zero-order valence-corrected chi connectivity index (χ0v) is 10.7. The van der Waals surface area contributed by atoms with Gasteiger partial charge in [0.1, 0.15) is 0 Å². The van der Waals surface area contributed by atoms with Crippen molar-refractivity contribution >= 4 is 18.0 Å². The molecule has 0 aliphatic heterocycles. The molecule has 20 heavy (non-hydrogen) atoms. The van der Waals surface area contributed by atoms with Crippen LogP contribution in [-0.4, -0.2) is 36.2 Å². The van der Waals surface area contributed by atoms with E-state index in [4.69, 9.17) is 10.8 Å². The van der Waals surface area contributed by atoms with Crippen molar-refractivity contribution in [1.29, 1.82) is 0 Å². The molecule has 0 aliphatic carbocycles. The number of primary amides is 1. The van der Waals surface area contributed by atoms with Crippen LogP contribution in [0.25, 0.3) is 0 Å². The average Bonchev–Trinajstić information content (AvgIpc) is 2.41. The predicted molar refractivity (Wildman–Crippen MR) is 71.2 cm³/mol. The van der Waals surface area contributed by atoms with Crippen molar-refractivity contribution in [3.05, 3.63) is 35.4 Å². The molecule has 0 bridgehead atoms. The van der Waals surface area contributed by atoms with Gasteiger partial charge in [0.15, 0.2) is 0 Å². The summed E-state index contributed by atoms with van der Waals surface area (Å²) >= 11 is 0. The van der Waals surface area contributed by atoms with Gasteiger partial charge in [-0.3, -0.25) is 0 Å². The van der Waals surface area contributed by atoms with E-state index in [0.717, 1.165) is 0 Å². The molecule has 1 rings (SSSR count). The van der Waals surface area contributed by atoms with Crippen molar-refractivity contribution < 1.29 is 19.5 Å². The summed E-state index contributed by atoms with van der Waals surface area (Å²) in [6, 6.07) is 5.20. The summed E-state index contributed by atoms with van der Waals surface area (Å²) in [5.41, 5.74) is 5.69. The second-order valence-corrected chi connectivity index (χ2v) is 3.91. The predicted octanol–water partition coefficient (Wildman–Crippen LogP) is -0.148. The molecule has 8 nitrogen and oxygen atoms in total. The third-order valence-corrected chi connectivity index (χ3v) is 2.34. The van der Waals surface area contributed by atoms with E-state index in [1.165, 1.54) is 12.1 Å². The lowest BCUT2D eigenvalue weighted by molar-refractivity contribution is 0.0696. The Kier molecular flexibility index (Phi) is 5.82. The van der Waals surface area contributed by atoms with Gasteiger partial charge in [0.25, 0.3) is 0 Å². The van der Waals surface area contributed by atoms with Gasteiger partial charge < -0.3 is 26.8 Å². The molecular weight excluding hydrogens is 264 g/mol. The van der Waals surface area contributed by atoms with Crippen molar-refractivity contribution in [3.63, 3.8) is 0 Å². The number of carbonyl (C=O) groups is 3. The number of hydrogen-bond acceptors (Lipinski definition) is 3. The first kappa shape index (κ1) is 15.3. The minimum Gasteiger partial charge on any atom is -0.478 e. The minimum absolute atomic E-state index is 0.162. The molecule has 0 heterocycles. The topological polar surface area (TPSA) is 134 Å². The summed E-state index contributed by atoms with van der Waals surface area (Å²) in [4.78, 5) is 32.6. The highest BCUT2D eigenvalue weighted by Crippen LogP contribution is 2.04. The number of carboxylic acids is 1. The van der Waals surface area contributed by atoms with Gasteiger partial charge in [-0.15, -0.1) is 0 Å². The summed E-state index contributed by atoms with van der Waals surface area (Å²) in [6.45, 7) is 0.678. The van der Waals surface area contributed by atoms with Crippen LogP contribution in [-0.2, 0) is 6.54 Å². The number of amides is 4. The summed E-state index contributed by atoms with van der Waals surface area (Å²) in [5, 5.41) is 16.2. The molecule has 0 fully saturated rings. The van der Waals surface area contributed by atoms with Gasteiger partial charge in [-0.2, -0.15) is 0 Å². The van der Waals surface area contributed by atoms with Crippen molar-refractivity contribution in [3.8, 4) is 0 Å². The van der Waals surface area contributed by atoms with Crippen molar-refractivity contribution in [1.82, 2.24) is 16.0 Å². The maximum absolute atomic E-state index is 11.4. The molecule has 4 amide bonds. The van der Waals surface area contributed by atoms with Crippen LogP contribution >= 0.6 is 0 Å². The van der Waals surface area contributed by atoms with Crippen molar-refractivity contribution in [2.24, 2.45) is 5.73 Å². The van der Waals surface area contributed by atoms with Crippen LogP contribution in [0.3, 0.4) is 0 Å². The Bertz CT molecular complexity index is 504. The number of aromatic carboxylic acids is 1. The normalized spacial score (nSPS) is 9.60. The van der Waals surface area contributed by atoms with E-state index in [-0.39, 0.29) is 25.2 Å². The summed E-state index contributed by atoms with van der Waals surface area (Å²) in [6.07, 6.45) is 0. The van der Waals surface area contributed by atoms with E-state index in [2.05, 4.69) is 16.0 Å². The fourth-order valence-corrected chi connectivity index (χ4v) is 1.42. The van der Waals surface area contributed by atoms with E-state index in [0.29, 0.717) is 5.56 Å². The molecule has 0 aliphatic rings. The van der Waals surface area contributed by atoms with E-state index in [1.807, 2.05) is 0 Å². The number of carbonyl (C=O) groups excluding carboxylic acids is 2. The fraction of sp³-hybridized carbons (Fsp3) is 0.250. The largest absolute Gasteiger partial charge is 0.478 e. The Balaban J connectivity index is 2.32. The molecule has 0 saturated carbocycles. The van der Waals surface area contributed by atoms with Gasteiger partial charge in [0.2, 0.25) is 0 Å². The van der Waals surface area contributed by atoms with Gasteiger partial charge >= 0.3 is 18.0 Å². The highest BCUT2D eigenvalue weighted by atomic mass is 16.4. The molecule has 8 heteroatoms. The number of nitrogens with two attached hydrogens (primary N) is 1. The minimum atomic E-state index is -1.02. The Morgan fingerprint density at radius 1 is 1.10 bits per heavy atom. The highest BCUT2D eigenvalue weighted by Gasteiger charge is 2.04. The van der Waals surface area contributed by atoms with Crippen LogP contribution in [0.1, 0.15) is 15.9 Å². The van der Waals surface area contributed by atoms with Gasteiger partial charge in [0, 0.05) is 19.6 Å². The first-order valence-corrected chi connectivity index (χ1v) is 5.86. The molecule has 6 N–H and O–H groups in total. The SMILES string of the molecule is NC(=O)NCCNC(=O)NCc1cccc(C(=O)O)c1. The fourth-order valence-electron chi connectivity index (χ4n) is 1.42. The second-order valence-electron chi connectivity index (χ2n) is 3.91. The number of carboxylic acid groups (broad SMARTS) is 1. The van der Waals surface area contributed by atoms with E-state index < -0.39 is 18.0 Å². The lowest BCUT2D eigenvalue weighted by atomic mass is 10.1. The number of urea groups is 2. The zero-order valence-electron chi connectivity index (χ0n) is 10.7. The number of hydrogen-bond donors (Lipinski definition) is 5. The lowest BCUT2D eigenvalue weighted by Gasteiger charge is -2.08. The van der Waals surface area contributed by atoms with Crippen LogP contribution in [0.15, 0.2) is 24.3 Å². The van der Waals surface area contributed by atoms with Gasteiger partial charge in [-0.25, -0.2) is 14.4 Å². The molecule has 0 saturated heterocycles. The first-order valence-electron chi connectivity index (χ1n) is 5.86. The van der Waals surface area contributed by atoms with Crippen molar-refractivity contribution in [2.45, 2.75) is 6.54 Å². The molecule has 0 radical (unpaired) electrons. The van der Waals surface area contributed by atoms with Crippen LogP contribution in [0.5, 0.6) is 0 Å². The van der Waals surface area contributed by atoms with E-state index in [9.17, 15) is 14.4 Å². The standard InChI is InChI=1S/C12H16N4O4/c13-11(19)14-4-5-15-12(20)16-7-8-2-1-3-9(6-8)10(17)18/h1-3,6H,4-5,7H2,(H,17,18)(H3,13,14,19)(H2,15,16,20). The Morgan fingerprint density at radius 2 is 1.80 bits per heavy atom. The lowest BCUT2D eigenvalue weighted by Crippen LogP contribution is -2.41. The van der Waals surface area contributed by atoms with Gasteiger partial charge in [-0.1, -0.05) is 12.1 Å². The average molecular weight is 280 g/mol. The van der Waals surface area contributed by atoms with E-state index >= 15 is 0 Å². The quantitative estimate of drug-likeness (QED) is 0.463. The third-order valence-electron chi connectivity index (χ3n) is 2.34. The van der Waals surface area contributed by atoms with Crippen LogP contribution in [0.4, 0.5) is 9.59 Å². The Labute approximate surface area is 115 Å². The molecule has 1 aromatic rings. The first-order chi connectivity index (χ1) is 9.49. The summed E-state index contributed by atoms with van der Waals surface area (Å²) in [7, 11) is 0. The molecule has 0 aromatic heterocycles. The molecule has 0 unspecified atom stereocenters. The van der Waals surface area contributed by atoms with Crippen LogP contribution in [0.2, 0.25) is 0 Å². The number of rotatable bonds is 6. The third kappa shape index (κ3) is 5.71. The zero-order chi connectivity index (χ0) is 15.0. The Hall–Kier alpha value is -2.77. The molecule has 1 aromatic carbocycles. The summed E-state index contributed by atoms with van der Waals surface area (Å²) in [5.74, 6) is -1.02. The smallest absolute Gasteiger partial charge is 0.335 e. The van der Waals surface area contributed by atoms with Crippen molar-refractivity contribution in [2.75, 3.05) is 13.1 Å². The maximum atomic E-state index is 11.4. The molecule has 0 spiro atoms. The molecular formula is C12H16N4O4.